The van der Waals surface area contributed by atoms with E-state index >= 15 is 0 Å². The Hall–Kier alpha value is -2.91. The van der Waals surface area contributed by atoms with Gasteiger partial charge in [-0.1, -0.05) is 24.6 Å². The van der Waals surface area contributed by atoms with Crippen molar-refractivity contribution in [2.24, 2.45) is 0 Å². The Kier molecular flexibility index (Phi) is 6.95. The van der Waals surface area contributed by atoms with E-state index < -0.39 is 16.1 Å². The van der Waals surface area contributed by atoms with Gasteiger partial charge in [-0.15, -0.1) is 0 Å². The summed E-state index contributed by atoms with van der Waals surface area (Å²) in [6, 6.07) is 11.9. The number of carbonyl (C=O) groups is 2. The van der Waals surface area contributed by atoms with Crippen molar-refractivity contribution < 1.29 is 22.7 Å². The molecule has 2 aromatic rings. The molecule has 0 radical (unpaired) electrons. The predicted molar refractivity (Wildman–Crippen MR) is 131 cm³/mol. The lowest BCUT2D eigenvalue weighted by Crippen LogP contribution is -2.52. The van der Waals surface area contributed by atoms with Crippen molar-refractivity contribution in [1.82, 2.24) is 4.72 Å². The molecule has 1 N–H and O–H groups in total. The molecule has 4 rings (SSSR count). The molecule has 182 valence electrons. The van der Waals surface area contributed by atoms with Gasteiger partial charge in [-0.05, 0) is 75.0 Å². The number of nitrogens with one attached hydrogen (secondary N) is 1. The van der Waals surface area contributed by atoms with Crippen molar-refractivity contribution >= 4 is 33.4 Å². The Morgan fingerprint density at radius 2 is 1.71 bits per heavy atom. The van der Waals surface area contributed by atoms with Gasteiger partial charge in [-0.25, -0.2) is 17.9 Å². The molecular weight excluding hydrogens is 454 g/mol. The summed E-state index contributed by atoms with van der Waals surface area (Å²) in [4.78, 5) is 29.1. The van der Waals surface area contributed by atoms with E-state index in [-0.39, 0.29) is 22.9 Å². The van der Waals surface area contributed by atoms with E-state index in [2.05, 4.69) is 4.72 Å². The highest BCUT2D eigenvalue weighted by Crippen LogP contribution is 2.39. The second kappa shape index (κ2) is 9.76. The molecule has 34 heavy (non-hydrogen) atoms. The molecule has 0 bridgehead atoms. The summed E-state index contributed by atoms with van der Waals surface area (Å²) in [6.45, 7) is 3.73. The minimum atomic E-state index is -3.60. The summed E-state index contributed by atoms with van der Waals surface area (Å²) in [7, 11) is -2.23. The number of ether oxygens (including phenoxy) is 1. The molecule has 1 fully saturated rings. The summed E-state index contributed by atoms with van der Waals surface area (Å²) in [6.07, 6.45) is 4.52. The zero-order chi connectivity index (χ0) is 24.5. The molecule has 1 saturated carbocycles. The molecular formula is C25H31N3O5S. The topological polar surface area (TPSA) is 96.0 Å². The molecule has 1 aliphatic heterocycles. The lowest BCUT2D eigenvalue weighted by Gasteiger charge is -2.41. The number of nitrogens with zero attached hydrogens (tertiary/aromatic N) is 2. The van der Waals surface area contributed by atoms with E-state index in [1.165, 1.54) is 20.0 Å². The number of sulfonamides is 1. The lowest BCUT2D eigenvalue weighted by molar-refractivity contribution is -0.117. The number of amides is 2. The van der Waals surface area contributed by atoms with Gasteiger partial charge in [0.15, 0.2) is 0 Å². The van der Waals surface area contributed by atoms with Gasteiger partial charge in [-0.2, -0.15) is 0 Å². The van der Waals surface area contributed by atoms with E-state index in [0.29, 0.717) is 23.5 Å². The van der Waals surface area contributed by atoms with Crippen molar-refractivity contribution in [2.75, 3.05) is 23.4 Å². The summed E-state index contributed by atoms with van der Waals surface area (Å²) in [5, 5.41) is 0. The molecule has 1 heterocycles. The number of hydrogen-bond acceptors (Lipinski definition) is 5. The number of benzene rings is 2. The van der Waals surface area contributed by atoms with Gasteiger partial charge in [0, 0.05) is 13.5 Å². The Balaban J connectivity index is 1.74. The van der Waals surface area contributed by atoms with E-state index in [1.54, 1.807) is 21.9 Å². The lowest BCUT2D eigenvalue weighted by atomic mass is 9.98. The van der Waals surface area contributed by atoms with Crippen LogP contribution in [0.5, 0.6) is 0 Å². The maximum atomic E-state index is 13.2. The third-order valence-corrected chi connectivity index (χ3v) is 7.95. The number of hydrogen-bond donors (Lipinski definition) is 1. The van der Waals surface area contributed by atoms with Crippen LogP contribution in [0.4, 0.5) is 16.2 Å². The number of anilines is 2. The Bertz CT molecular complexity index is 1190. The monoisotopic (exact) mass is 485 g/mol. The van der Waals surface area contributed by atoms with Crippen molar-refractivity contribution in [3.05, 3.63) is 42.5 Å². The first-order valence-electron chi connectivity index (χ1n) is 11.7. The van der Waals surface area contributed by atoms with Gasteiger partial charge < -0.3 is 9.64 Å². The van der Waals surface area contributed by atoms with Crippen LogP contribution in [0.2, 0.25) is 0 Å². The maximum Gasteiger partial charge on any atom is 0.414 e. The minimum absolute atomic E-state index is 0.0857. The van der Waals surface area contributed by atoms with Crippen LogP contribution in [-0.4, -0.2) is 46.2 Å². The molecule has 2 amide bonds. The smallest absolute Gasteiger partial charge is 0.414 e. The zero-order valence-corrected chi connectivity index (χ0v) is 20.6. The Labute approximate surface area is 200 Å². The molecule has 2 aliphatic rings. The highest BCUT2D eigenvalue weighted by atomic mass is 32.2. The maximum absolute atomic E-state index is 13.2. The van der Waals surface area contributed by atoms with Gasteiger partial charge in [0.05, 0.1) is 22.3 Å². The fourth-order valence-corrected chi connectivity index (χ4v) is 5.58. The van der Waals surface area contributed by atoms with Crippen molar-refractivity contribution in [2.45, 2.75) is 63.0 Å². The summed E-state index contributed by atoms with van der Waals surface area (Å²) >= 11 is 0. The largest absolute Gasteiger partial charge is 0.446 e. The highest BCUT2D eigenvalue weighted by Gasteiger charge is 2.35. The Morgan fingerprint density at radius 1 is 1.00 bits per heavy atom. The minimum Gasteiger partial charge on any atom is -0.446 e. The van der Waals surface area contributed by atoms with Crippen LogP contribution in [0.1, 0.15) is 46.0 Å². The molecule has 1 aliphatic carbocycles. The average molecular weight is 486 g/mol. The molecule has 0 spiro atoms. The second-order valence-electron chi connectivity index (χ2n) is 8.93. The average Bonchev–Trinajstić information content (AvgIpc) is 2.83. The molecule has 9 heteroatoms. The van der Waals surface area contributed by atoms with E-state index in [4.69, 9.17) is 4.74 Å². The van der Waals surface area contributed by atoms with E-state index in [0.717, 1.165) is 37.7 Å². The van der Waals surface area contributed by atoms with Crippen LogP contribution in [0.25, 0.3) is 11.1 Å². The fourth-order valence-electron chi connectivity index (χ4n) is 4.81. The van der Waals surface area contributed by atoms with Gasteiger partial charge in [-0.3, -0.25) is 9.69 Å². The fraction of sp³-hybridized carbons (Fsp3) is 0.440. The van der Waals surface area contributed by atoms with Gasteiger partial charge >= 0.3 is 6.09 Å². The first-order valence-corrected chi connectivity index (χ1v) is 13.2. The Morgan fingerprint density at radius 3 is 2.38 bits per heavy atom. The summed E-state index contributed by atoms with van der Waals surface area (Å²) in [5.74, 6) is -0.107. The molecule has 1 atom stereocenters. The standard InChI is InChI=1S/C25H31N3O5S/c1-17-16-27(25(30)33-21-9-5-4-6-10-21)24-15-20(12-13-23(24)28(17)18(2)29)19-8-7-11-22(14-19)34(31,32)26-3/h7-8,11-15,17,21,26H,4-6,9-10,16H2,1-3H3. The number of rotatable bonds is 4. The molecule has 1 unspecified atom stereocenters. The van der Waals surface area contributed by atoms with Crippen molar-refractivity contribution in [3.8, 4) is 11.1 Å². The molecule has 0 saturated heterocycles. The van der Waals surface area contributed by atoms with Gasteiger partial charge in [0.1, 0.15) is 6.10 Å². The molecule has 0 aromatic heterocycles. The first-order chi connectivity index (χ1) is 16.2. The first kappa shape index (κ1) is 24.2. The quantitative estimate of drug-likeness (QED) is 0.697. The van der Waals surface area contributed by atoms with Crippen molar-refractivity contribution in [3.63, 3.8) is 0 Å². The summed E-state index contributed by atoms with van der Waals surface area (Å²) in [5.41, 5.74) is 2.64. The van der Waals surface area contributed by atoms with Crippen LogP contribution in [0.15, 0.2) is 47.4 Å². The third kappa shape index (κ3) is 4.81. The highest BCUT2D eigenvalue weighted by molar-refractivity contribution is 7.89. The van der Waals surface area contributed by atoms with Crippen LogP contribution in [0, 0.1) is 0 Å². The van der Waals surface area contributed by atoms with Crippen LogP contribution in [0.3, 0.4) is 0 Å². The van der Waals surface area contributed by atoms with Crippen LogP contribution >= 0.6 is 0 Å². The zero-order valence-electron chi connectivity index (χ0n) is 19.8. The number of fused-ring (bicyclic) bond motifs is 1. The van der Waals surface area contributed by atoms with E-state index in [9.17, 15) is 18.0 Å². The SMILES string of the molecule is CNS(=O)(=O)c1cccc(-c2ccc3c(c2)N(C(=O)OC2CCCCC2)CC(C)N3C(C)=O)c1. The molecule has 2 aromatic carbocycles. The predicted octanol–water partition coefficient (Wildman–Crippen LogP) is 4.29. The van der Waals surface area contributed by atoms with Crippen LogP contribution in [-0.2, 0) is 19.6 Å². The normalized spacial score (nSPS) is 19.0. The van der Waals surface area contributed by atoms with Gasteiger partial charge in [0.2, 0.25) is 15.9 Å². The third-order valence-electron chi connectivity index (χ3n) is 6.54. The summed E-state index contributed by atoms with van der Waals surface area (Å²) < 4.78 is 32.7. The van der Waals surface area contributed by atoms with Crippen molar-refractivity contribution in [1.29, 1.82) is 0 Å². The van der Waals surface area contributed by atoms with Crippen LogP contribution < -0.4 is 14.5 Å². The number of carbonyl (C=O) groups excluding carboxylic acids is 2. The second-order valence-corrected chi connectivity index (χ2v) is 10.8. The van der Waals surface area contributed by atoms with E-state index in [1.807, 2.05) is 31.2 Å². The molecule has 8 nitrogen and oxygen atoms in total. The van der Waals surface area contributed by atoms with Gasteiger partial charge in [0.25, 0.3) is 0 Å².